The summed E-state index contributed by atoms with van der Waals surface area (Å²) in [5.74, 6) is -0.0406. The van der Waals surface area contributed by atoms with Crippen molar-refractivity contribution in [3.8, 4) is 0 Å². The van der Waals surface area contributed by atoms with E-state index in [1.54, 1.807) is 6.08 Å². The lowest BCUT2D eigenvalue weighted by molar-refractivity contribution is -0.143. The van der Waals surface area contributed by atoms with E-state index in [0.717, 1.165) is 38.5 Å². The molecule has 0 saturated heterocycles. The SMILES string of the molecule is CCCCCCCCCCCCCCCC/C=C/C(O)C(CO)NC(=O)CCCCCCCCCCCCCCCCC/C=C\CCCCCCCCCCCCCCOC(=O)CCCCCCCCCCCCCCCCCCC. The first-order chi connectivity index (χ1) is 40.0. The maximum absolute atomic E-state index is 12.5. The predicted molar refractivity (Wildman–Crippen MR) is 356 cm³/mol. The molecule has 480 valence electrons. The molecule has 0 aliphatic carbocycles. The molecule has 0 aromatic carbocycles. The van der Waals surface area contributed by atoms with Gasteiger partial charge in [0.15, 0.2) is 0 Å². The molecule has 3 N–H and O–H groups in total. The van der Waals surface area contributed by atoms with Crippen LogP contribution in [0.1, 0.15) is 418 Å². The van der Waals surface area contributed by atoms with Crippen molar-refractivity contribution < 1.29 is 24.5 Å². The Balaban J connectivity index is 3.36. The second-order valence-corrected chi connectivity index (χ2v) is 25.6. The van der Waals surface area contributed by atoms with E-state index in [2.05, 4.69) is 31.3 Å². The average Bonchev–Trinajstić information content (AvgIpc) is 3.47. The molecule has 0 aliphatic heterocycles. The van der Waals surface area contributed by atoms with Crippen LogP contribution in [0.2, 0.25) is 0 Å². The maximum atomic E-state index is 12.5. The number of aliphatic hydroxyl groups excluding tert-OH is 2. The van der Waals surface area contributed by atoms with E-state index in [1.165, 1.54) is 353 Å². The van der Waals surface area contributed by atoms with Crippen LogP contribution in [0.25, 0.3) is 0 Å². The third-order valence-electron chi connectivity index (χ3n) is 17.5. The molecule has 0 bridgehead atoms. The van der Waals surface area contributed by atoms with Crippen molar-refractivity contribution in [3.63, 3.8) is 0 Å². The minimum atomic E-state index is -0.843. The summed E-state index contributed by atoms with van der Waals surface area (Å²) in [6.07, 6.45) is 89.9. The Morgan fingerprint density at radius 2 is 0.580 bits per heavy atom. The Labute approximate surface area is 507 Å². The van der Waals surface area contributed by atoms with Gasteiger partial charge in [-0.15, -0.1) is 0 Å². The fourth-order valence-corrected chi connectivity index (χ4v) is 11.8. The average molecular weight is 1140 g/mol. The number of carbonyl (C=O) groups is 2. The zero-order valence-electron chi connectivity index (χ0n) is 55.0. The van der Waals surface area contributed by atoms with Gasteiger partial charge in [-0.25, -0.2) is 0 Å². The van der Waals surface area contributed by atoms with E-state index in [4.69, 9.17) is 4.74 Å². The number of amides is 1. The first-order valence-electron chi connectivity index (χ1n) is 37.1. The van der Waals surface area contributed by atoms with Crippen molar-refractivity contribution >= 4 is 11.9 Å². The van der Waals surface area contributed by atoms with E-state index in [-0.39, 0.29) is 18.5 Å². The standard InChI is InChI=1S/C75H145NO5/c1-3-5-7-9-11-13-15-17-19-36-41-45-49-53-57-61-65-69-75(80)81-70-66-62-58-54-50-46-42-38-35-33-31-29-27-25-23-21-22-24-26-28-30-32-34-37-40-44-48-52-56-60-64-68-74(79)76-72(71-77)73(78)67-63-59-55-51-47-43-39-20-18-16-14-12-10-8-6-4-2/h23,25,63,67,72-73,77-78H,3-22,24,26-62,64-66,68-71H2,1-2H3,(H,76,79)/b25-23-,67-63+. The van der Waals surface area contributed by atoms with Gasteiger partial charge in [0.25, 0.3) is 0 Å². The molecule has 0 radical (unpaired) electrons. The molecule has 0 saturated carbocycles. The molecule has 2 unspecified atom stereocenters. The van der Waals surface area contributed by atoms with Gasteiger partial charge >= 0.3 is 5.97 Å². The Kier molecular flexibility index (Phi) is 69.4. The van der Waals surface area contributed by atoms with Gasteiger partial charge in [0.2, 0.25) is 5.91 Å². The van der Waals surface area contributed by atoms with Crippen LogP contribution in [0, 0.1) is 0 Å². The molecule has 1 amide bonds. The number of ether oxygens (including phenoxy) is 1. The Bertz CT molecular complexity index is 1270. The van der Waals surface area contributed by atoms with Gasteiger partial charge in [-0.3, -0.25) is 9.59 Å². The topological polar surface area (TPSA) is 95.9 Å². The van der Waals surface area contributed by atoms with E-state index >= 15 is 0 Å². The lowest BCUT2D eigenvalue weighted by atomic mass is 10.0. The molecule has 0 fully saturated rings. The highest BCUT2D eigenvalue weighted by Crippen LogP contribution is 2.19. The van der Waals surface area contributed by atoms with E-state index < -0.39 is 12.1 Å². The number of carbonyl (C=O) groups excluding carboxylic acids is 2. The Morgan fingerprint density at radius 1 is 0.333 bits per heavy atom. The summed E-state index contributed by atoms with van der Waals surface area (Å²) < 4.78 is 5.51. The van der Waals surface area contributed by atoms with Gasteiger partial charge in [-0.2, -0.15) is 0 Å². The van der Waals surface area contributed by atoms with Gasteiger partial charge in [0.05, 0.1) is 25.4 Å². The van der Waals surface area contributed by atoms with Crippen LogP contribution in [0.15, 0.2) is 24.3 Å². The zero-order valence-corrected chi connectivity index (χ0v) is 55.0. The highest BCUT2D eigenvalue weighted by molar-refractivity contribution is 5.76. The van der Waals surface area contributed by atoms with Gasteiger partial charge < -0.3 is 20.3 Å². The molecule has 81 heavy (non-hydrogen) atoms. The quantitative estimate of drug-likeness (QED) is 0.0320. The molecule has 0 spiro atoms. The van der Waals surface area contributed by atoms with Crippen LogP contribution in [-0.4, -0.2) is 47.4 Å². The smallest absolute Gasteiger partial charge is 0.305 e. The maximum Gasteiger partial charge on any atom is 0.305 e. The van der Waals surface area contributed by atoms with Gasteiger partial charge in [0, 0.05) is 12.8 Å². The minimum absolute atomic E-state index is 0.0222. The fraction of sp³-hybridized carbons (Fsp3) is 0.920. The summed E-state index contributed by atoms with van der Waals surface area (Å²) in [4.78, 5) is 24.6. The number of hydrogen-bond acceptors (Lipinski definition) is 5. The second-order valence-electron chi connectivity index (χ2n) is 25.6. The van der Waals surface area contributed by atoms with Crippen molar-refractivity contribution in [2.45, 2.75) is 431 Å². The molecule has 0 rings (SSSR count). The lowest BCUT2D eigenvalue weighted by Crippen LogP contribution is -2.45. The van der Waals surface area contributed by atoms with E-state index in [0.29, 0.717) is 19.4 Å². The predicted octanol–water partition coefficient (Wildman–Crippen LogP) is 24.1. The highest BCUT2D eigenvalue weighted by atomic mass is 16.5. The first kappa shape index (κ1) is 79.3. The van der Waals surface area contributed by atoms with Crippen molar-refractivity contribution in [1.29, 1.82) is 0 Å². The number of rotatable bonds is 70. The number of nitrogens with one attached hydrogen (secondary N) is 1. The summed E-state index contributed by atoms with van der Waals surface area (Å²) in [6.45, 7) is 4.95. The molecular weight excluding hydrogens is 995 g/mol. The lowest BCUT2D eigenvalue weighted by Gasteiger charge is -2.20. The molecule has 6 nitrogen and oxygen atoms in total. The summed E-state index contributed by atoms with van der Waals surface area (Å²) in [5.41, 5.74) is 0. The number of aliphatic hydroxyl groups is 2. The molecule has 0 aromatic rings. The minimum Gasteiger partial charge on any atom is -0.466 e. The van der Waals surface area contributed by atoms with Crippen LogP contribution in [-0.2, 0) is 14.3 Å². The number of esters is 1. The van der Waals surface area contributed by atoms with Crippen molar-refractivity contribution in [2.24, 2.45) is 0 Å². The summed E-state index contributed by atoms with van der Waals surface area (Å²) >= 11 is 0. The normalized spacial score (nSPS) is 12.6. The summed E-state index contributed by atoms with van der Waals surface area (Å²) in [6, 6.07) is -0.626. The first-order valence-corrected chi connectivity index (χ1v) is 37.1. The third kappa shape index (κ3) is 67.3. The molecule has 6 heteroatoms. The van der Waals surface area contributed by atoms with Crippen molar-refractivity contribution in [3.05, 3.63) is 24.3 Å². The summed E-state index contributed by atoms with van der Waals surface area (Å²) in [5, 5.41) is 23.2. The second kappa shape index (κ2) is 70.8. The number of allylic oxidation sites excluding steroid dienone is 3. The van der Waals surface area contributed by atoms with Crippen molar-refractivity contribution in [2.75, 3.05) is 13.2 Å². The fourth-order valence-electron chi connectivity index (χ4n) is 11.8. The van der Waals surface area contributed by atoms with Gasteiger partial charge in [0.1, 0.15) is 0 Å². The molecule has 0 aliphatic rings. The van der Waals surface area contributed by atoms with Crippen LogP contribution in [0.4, 0.5) is 0 Å². The van der Waals surface area contributed by atoms with E-state index in [9.17, 15) is 19.8 Å². The monoisotopic (exact) mass is 1140 g/mol. The largest absolute Gasteiger partial charge is 0.466 e. The van der Waals surface area contributed by atoms with Gasteiger partial charge in [-0.1, -0.05) is 372 Å². The molecular formula is C75H145NO5. The third-order valence-corrected chi connectivity index (χ3v) is 17.5. The highest BCUT2D eigenvalue weighted by Gasteiger charge is 2.18. The van der Waals surface area contributed by atoms with Crippen molar-refractivity contribution in [1.82, 2.24) is 5.32 Å². The van der Waals surface area contributed by atoms with Crippen LogP contribution in [0.5, 0.6) is 0 Å². The summed E-state index contributed by atoms with van der Waals surface area (Å²) in [7, 11) is 0. The zero-order chi connectivity index (χ0) is 58.5. The molecule has 0 aromatic heterocycles. The van der Waals surface area contributed by atoms with E-state index in [1.807, 2.05) is 6.08 Å². The Morgan fingerprint density at radius 3 is 0.877 bits per heavy atom. The van der Waals surface area contributed by atoms with Crippen LogP contribution < -0.4 is 5.32 Å². The number of hydrogen-bond donors (Lipinski definition) is 3. The number of unbranched alkanes of at least 4 members (excludes halogenated alkanes) is 57. The van der Waals surface area contributed by atoms with Crippen LogP contribution in [0.3, 0.4) is 0 Å². The Hall–Kier alpha value is -1.66. The van der Waals surface area contributed by atoms with Crippen LogP contribution >= 0.6 is 0 Å². The van der Waals surface area contributed by atoms with Gasteiger partial charge in [-0.05, 0) is 57.8 Å². The molecule has 0 heterocycles. The molecule has 2 atom stereocenters.